The van der Waals surface area contributed by atoms with Crippen molar-refractivity contribution in [2.24, 2.45) is 0 Å². The fraction of sp³-hybridized carbons (Fsp3) is 0.393. The summed E-state index contributed by atoms with van der Waals surface area (Å²) in [6.45, 7) is 0. The van der Waals surface area contributed by atoms with Gasteiger partial charge in [0.05, 0.1) is 24.2 Å². The van der Waals surface area contributed by atoms with Crippen molar-refractivity contribution >= 4 is 11.0 Å². The highest BCUT2D eigenvalue weighted by Gasteiger charge is 2.25. The van der Waals surface area contributed by atoms with Crippen LogP contribution in [0.15, 0.2) is 59.7 Å². The summed E-state index contributed by atoms with van der Waals surface area (Å²) in [7, 11) is 1.66. The summed E-state index contributed by atoms with van der Waals surface area (Å²) in [5.74, 6) is 1.86. The van der Waals surface area contributed by atoms with Crippen molar-refractivity contribution in [3.63, 3.8) is 0 Å². The van der Waals surface area contributed by atoms with Gasteiger partial charge in [-0.25, -0.2) is 19.3 Å². The molecule has 0 unspecified atom stereocenters. The number of rotatable bonds is 6. The van der Waals surface area contributed by atoms with Gasteiger partial charge in [-0.2, -0.15) is 0 Å². The molecule has 2 heterocycles. The molecule has 0 aliphatic heterocycles. The van der Waals surface area contributed by atoms with E-state index in [9.17, 15) is 4.79 Å². The normalized spacial score (nSPS) is 16.8. The minimum Gasteiger partial charge on any atom is -0.493 e. The molecule has 6 rings (SSSR count). The van der Waals surface area contributed by atoms with Crippen molar-refractivity contribution in [1.82, 2.24) is 19.1 Å². The number of aromatic nitrogens is 4. The summed E-state index contributed by atoms with van der Waals surface area (Å²) in [5, 5.41) is 0. The van der Waals surface area contributed by atoms with Crippen molar-refractivity contribution < 1.29 is 9.47 Å². The summed E-state index contributed by atoms with van der Waals surface area (Å²) in [6.07, 6.45) is 12.8. The van der Waals surface area contributed by atoms with E-state index < -0.39 is 0 Å². The average Bonchev–Trinajstić information content (AvgIpc) is 3.65. The standard InChI is InChI=1S/C28H30N4O3/c1-34-25-15-14-19(16-26(25)35-22-10-4-5-11-22)20-17-29-27(30-18-20)32-24-13-7-6-12-23(24)31(28(32)33)21-8-2-3-9-21/h6-7,12-18,21-22H,2-5,8-11H2,1H3. The molecule has 0 amide bonds. The molecular formula is C28H30N4O3. The van der Waals surface area contributed by atoms with Gasteiger partial charge in [-0.05, 0) is 68.4 Å². The van der Waals surface area contributed by atoms with Crippen molar-refractivity contribution in [3.8, 4) is 28.6 Å². The molecule has 180 valence electrons. The number of fused-ring (bicyclic) bond motifs is 1. The maximum absolute atomic E-state index is 13.5. The Hall–Kier alpha value is -3.61. The number of hydrogen-bond acceptors (Lipinski definition) is 5. The number of hydrogen-bond donors (Lipinski definition) is 0. The number of methoxy groups -OCH3 is 1. The van der Waals surface area contributed by atoms with Gasteiger partial charge in [0.2, 0.25) is 5.95 Å². The fourth-order valence-corrected chi connectivity index (χ4v) is 5.60. The number of benzene rings is 2. The molecule has 0 atom stereocenters. The highest BCUT2D eigenvalue weighted by Crippen LogP contribution is 2.35. The van der Waals surface area contributed by atoms with Crippen molar-refractivity contribution in [1.29, 1.82) is 0 Å². The van der Waals surface area contributed by atoms with Gasteiger partial charge in [0, 0.05) is 24.0 Å². The molecule has 0 bridgehead atoms. The zero-order chi connectivity index (χ0) is 23.8. The van der Waals surface area contributed by atoms with E-state index in [0.29, 0.717) is 5.95 Å². The molecular weight excluding hydrogens is 440 g/mol. The van der Waals surface area contributed by atoms with Gasteiger partial charge < -0.3 is 9.47 Å². The molecule has 2 aromatic heterocycles. The summed E-state index contributed by atoms with van der Waals surface area (Å²) in [5.41, 5.74) is 3.53. The largest absolute Gasteiger partial charge is 0.493 e. The molecule has 2 aliphatic rings. The number of nitrogens with zero attached hydrogens (tertiary/aromatic N) is 4. The molecule has 35 heavy (non-hydrogen) atoms. The van der Waals surface area contributed by atoms with Crippen LogP contribution in [0, 0.1) is 0 Å². The van der Waals surface area contributed by atoms with E-state index in [-0.39, 0.29) is 17.8 Å². The lowest BCUT2D eigenvalue weighted by atomic mass is 10.1. The lowest BCUT2D eigenvalue weighted by Gasteiger charge is -2.17. The predicted octanol–water partition coefficient (Wildman–Crippen LogP) is 5.69. The van der Waals surface area contributed by atoms with Gasteiger partial charge >= 0.3 is 5.69 Å². The van der Waals surface area contributed by atoms with E-state index in [1.807, 2.05) is 47.0 Å². The van der Waals surface area contributed by atoms with Crippen molar-refractivity contribution in [2.75, 3.05) is 7.11 Å². The van der Waals surface area contributed by atoms with Gasteiger partial charge in [-0.3, -0.25) is 4.57 Å². The van der Waals surface area contributed by atoms with Gasteiger partial charge in [0.15, 0.2) is 11.5 Å². The summed E-state index contributed by atoms with van der Waals surface area (Å²) in [6, 6.07) is 14.1. The van der Waals surface area contributed by atoms with E-state index in [1.54, 1.807) is 24.1 Å². The first-order chi connectivity index (χ1) is 17.2. The Morgan fingerprint density at radius 2 is 1.51 bits per heavy atom. The van der Waals surface area contributed by atoms with E-state index in [1.165, 1.54) is 12.8 Å². The van der Waals surface area contributed by atoms with E-state index >= 15 is 0 Å². The van der Waals surface area contributed by atoms with Gasteiger partial charge in [0.1, 0.15) is 0 Å². The molecule has 7 heteroatoms. The molecule has 0 saturated heterocycles. The smallest absolute Gasteiger partial charge is 0.336 e. The number of para-hydroxylation sites is 2. The number of imidazole rings is 1. The van der Waals surface area contributed by atoms with Crippen LogP contribution in [0.1, 0.15) is 57.4 Å². The van der Waals surface area contributed by atoms with Crippen LogP contribution in [0.5, 0.6) is 11.5 Å². The van der Waals surface area contributed by atoms with Gasteiger partial charge in [-0.15, -0.1) is 0 Å². The Labute approximate surface area is 204 Å². The molecule has 0 spiro atoms. The third-order valence-corrected chi connectivity index (χ3v) is 7.40. The van der Waals surface area contributed by atoms with E-state index in [0.717, 1.165) is 72.2 Å². The molecule has 2 saturated carbocycles. The van der Waals surface area contributed by atoms with Crippen LogP contribution < -0.4 is 15.2 Å². The van der Waals surface area contributed by atoms with Crippen LogP contribution in [0.25, 0.3) is 28.1 Å². The lowest BCUT2D eigenvalue weighted by molar-refractivity contribution is 0.201. The second kappa shape index (κ2) is 9.21. The summed E-state index contributed by atoms with van der Waals surface area (Å²) in [4.78, 5) is 22.8. The molecule has 7 nitrogen and oxygen atoms in total. The maximum atomic E-state index is 13.5. The maximum Gasteiger partial charge on any atom is 0.336 e. The first-order valence-electron chi connectivity index (χ1n) is 12.6. The zero-order valence-corrected chi connectivity index (χ0v) is 20.0. The topological polar surface area (TPSA) is 71.2 Å². The van der Waals surface area contributed by atoms with Crippen molar-refractivity contribution in [2.45, 2.75) is 63.5 Å². The minimum atomic E-state index is -0.0671. The second-order valence-corrected chi connectivity index (χ2v) is 9.58. The Kier molecular flexibility index (Phi) is 5.76. The third kappa shape index (κ3) is 3.99. The third-order valence-electron chi connectivity index (χ3n) is 7.40. The Bertz CT molecular complexity index is 1390. The molecule has 0 radical (unpaired) electrons. The van der Waals surface area contributed by atoms with Crippen LogP contribution >= 0.6 is 0 Å². The highest BCUT2D eigenvalue weighted by atomic mass is 16.5. The lowest BCUT2D eigenvalue weighted by Crippen LogP contribution is -2.26. The van der Waals surface area contributed by atoms with Crippen LogP contribution in [0.4, 0.5) is 0 Å². The van der Waals surface area contributed by atoms with Crippen LogP contribution in [0.2, 0.25) is 0 Å². The van der Waals surface area contributed by atoms with Crippen molar-refractivity contribution in [3.05, 3.63) is 65.3 Å². The predicted molar refractivity (Wildman–Crippen MR) is 136 cm³/mol. The zero-order valence-electron chi connectivity index (χ0n) is 20.0. The Morgan fingerprint density at radius 1 is 0.829 bits per heavy atom. The quantitative estimate of drug-likeness (QED) is 0.362. The van der Waals surface area contributed by atoms with Gasteiger partial charge in [0.25, 0.3) is 0 Å². The number of ether oxygens (including phenoxy) is 2. The Balaban J connectivity index is 1.36. The molecule has 2 fully saturated rings. The molecule has 0 N–H and O–H groups in total. The average molecular weight is 471 g/mol. The van der Waals surface area contributed by atoms with E-state index in [4.69, 9.17) is 9.47 Å². The van der Waals surface area contributed by atoms with Crippen LogP contribution in [-0.4, -0.2) is 32.3 Å². The fourth-order valence-electron chi connectivity index (χ4n) is 5.60. The first-order valence-corrected chi connectivity index (χ1v) is 12.6. The van der Waals surface area contributed by atoms with Gasteiger partial charge in [-0.1, -0.05) is 31.0 Å². The highest BCUT2D eigenvalue weighted by molar-refractivity contribution is 5.77. The summed E-state index contributed by atoms with van der Waals surface area (Å²) >= 11 is 0. The molecule has 2 aliphatic carbocycles. The second-order valence-electron chi connectivity index (χ2n) is 9.58. The Morgan fingerprint density at radius 3 is 2.23 bits per heavy atom. The molecule has 2 aromatic carbocycles. The van der Waals surface area contributed by atoms with E-state index in [2.05, 4.69) is 9.97 Å². The van der Waals surface area contributed by atoms with Crippen LogP contribution in [-0.2, 0) is 0 Å². The first kappa shape index (κ1) is 21.9. The molecule has 4 aromatic rings. The minimum absolute atomic E-state index is 0.0671. The monoisotopic (exact) mass is 470 g/mol. The SMILES string of the molecule is COc1ccc(-c2cnc(-n3c(=O)n(C4CCCC4)c4ccccc43)nc2)cc1OC1CCCC1. The van der Waals surface area contributed by atoms with Crippen LogP contribution in [0.3, 0.4) is 0 Å². The summed E-state index contributed by atoms with van der Waals surface area (Å²) < 4.78 is 15.4.